The van der Waals surface area contributed by atoms with Crippen LogP contribution in [0.3, 0.4) is 0 Å². The third-order valence-electron chi connectivity index (χ3n) is 6.19. The summed E-state index contributed by atoms with van der Waals surface area (Å²) in [5.41, 5.74) is 9.14. The maximum absolute atomic E-state index is 12.3. The van der Waals surface area contributed by atoms with Crippen molar-refractivity contribution in [2.75, 3.05) is 13.2 Å². The fourth-order valence-corrected chi connectivity index (χ4v) is 4.07. The van der Waals surface area contributed by atoms with Gasteiger partial charge in [0.1, 0.15) is 17.9 Å². The number of hydrogen-bond donors (Lipinski definition) is 2. The third kappa shape index (κ3) is 12.4. The van der Waals surface area contributed by atoms with Crippen molar-refractivity contribution in [1.82, 2.24) is 15.3 Å². The van der Waals surface area contributed by atoms with Crippen LogP contribution in [0.1, 0.15) is 79.2 Å². The SMILES string of the molecule is CC.CCCCCCCOc1ccc(-c2cnc(-c3ccc(CC(N)C(=O)NCC(=O)OC(C)(C)C)cc3)nc2)cc1. The van der Waals surface area contributed by atoms with Gasteiger partial charge in [0.2, 0.25) is 5.91 Å². The molecule has 0 fully saturated rings. The summed E-state index contributed by atoms with van der Waals surface area (Å²) in [6.45, 7) is 12.1. The molecule has 0 bridgehead atoms. The minimum Gasteiger partial charge on any atom is -0.494 e. The van der Waals surface area contributed by atoms with Crippen molar-refractivity contribution in [3.63, 3.8) is 0 Å². The van der Waals surface area contributed by atoms with Crippen LogP contribution in [0.2, 0.25) is 0 Å². The molecule has 8 heteroatoms. The minimum absolute atomic E-state index is 0.215. The normalized spacial score (nSPS) is 11.6. The van der Waals surface area contributed by atoms with Gasteiger partial charge >= 0.3 is 5.97 Å². The molecule has 3 aromatic rings. The molecule has 0 radical (unpaired) electrons. The van der Waals surface area contributed by atoms with E-state index in [4.69, 9.17) is 15.2 Å². The van der Waals surface area contributed by atoms with Crippen molar-refractivity contribution in [2.45, 2.75) is 91.7 Å². The smallest absolute Gasteiger partial charge is 0.325 e. The van der Waals surface area contributed by atoms with E-state index in [9.17, 15) is 9.59 Å². The van der Waals surface area contributed by atoms with Gasteiger partial charge in [0, 0.05) is 23.5 Å². The molecule has 1 atom stereocenters. The van der Waals surface area contributed by atoms with Crippen molar-refractivity contribution in [1.29, 1.82) is 0 Å². The topological polar surface area (TPSA) is 116 Å². The summed E-state index contributed by atoms with van der Waals surface area (Å²) in [5.74, 6) is 0.573. The predicted molar refractivity (Wildman–Crippen MR) is 169 cm³/mol. The number of rotatable bonds is 14. The van der Waals surface area contributed by atoms with Crippen LogP contribution >= 0.6 is 0 Å². The van der Waals surface area contributed by atoms with E-state index in [0.717, 1.165) is 41.0 Å². The van der Waals surface area contributed by atoms with Crippen LogP contribution in [0, 0.1) is 0 Å². The van der Waals surface area contributed by atoms with Gasteiger partial charge in [0.25, 0.3) is 0 Å². The second kappa shape index (κ2) is 17.9. The second-order valence-corrected chi connectivity index (χ2v) is 10.9. The minimum atomic E-state index is -0.786. The van der Waals surface area contributed by atoms with E-state index >= 15 is 0 Å². The van der Waals surface area contributed by atoms with Crippen molar-refractivity contribution in [2.24, 2.45) is 5.73 Å². The summed E-state index contributed by atoms with van der Waals surface area (Å²) in [4.78, 5) is 33.2. The molecule has 1 heterocycles. The zero-order valence-corrected chi connectivity index (χ0v) is 26.1. The number of unbranched alkanes of at least 4 members (excludes halogenated alkanes) is 4. The summed E-state index contributed by atoms with van der Waals surface area (Å²) in [5, 5.41) is 2.54. The lowest BCUT2D eigenvalue weighted by Gasteiger charge is -2.20. The number of hydrogen-bond acceptors (Lipinski definition) is 7. The molecule has 1 amide bonds. The zero-order valence-electron chi connectivity index (χ0n) is 26.1. The Balaban J connectivity index is 0.00000301. The number of benzene rings is 2. The molecular weight excluding hydrogens is 528 g/mol. The molecule has 0 aliphatic carbocycles. The van der Waals surface area contributed by atoms with Crippen LogP contribution in [0.4, 0.5) is 0 Å². The number of carbonyl (C=O) groups excluding carboxylic acids is 2. The second-order valence-electron chi connectivity index (χ2n) is 10.9. The molecule has 0 saturated carbocycles. The first-order valence-electron chi connectivity index (χ1n) is 15.0. The quantitative estimate of drug-likeness (QED) is 0.166. The molecule has 3 N–H and O–H groups in total. The summed E-state index contributed by atoms with van der Waals surface area (Å²) < 4.78 is 11.1. The summed E-state index contributed by atoms with van der Waals surface area (Å²) in [6.07, 6.45) is 10.0. The first kappa shape index (κ1) is 34.4. The highest BCUT2D eigenvalue weighted by atomic mass is 16.6. The maximum Gasteiger partial charge on any atom is 0.325 e. The van der Waals surface area contributed by atoms with Crippen molar-refractivity contribution in [3.8, 4) is 28.3 Å². The van der Waals surface area contributed by atoms with Crippen LogP contribution in [0.15, 0.2) is 60.9 Å². The number of carbonyl (C=O) groups is 2. The van der Waals surface area contributed by atoms with Gasteiger partial charge in [-0.1, -0.05) is 82.9 Å². The van der Waals surface area contributed by atoms with Crippen LogP contribution in [0.25, 0.3) is 22.5 Å². The van der Waals surface area contributed by atoms with Gasteiger partial charge in [0.15, 0.2) is 5.82 Å². The molecule has 0 aliphatic rings. The first-order valence-corrected chi connectivity index (χ1v) is 15.0. The van der Waals surface area contributed by atoms with E-state index in [0.29, 0.717) is 12.2 Å². The Morgan fingerprint density at radius 1 is 0.857 bits per heavy atom. The lowest BCUT2D eigenvalue weighted by Crippen LogP contribution is -2.44. The van der Waals surface area contributed by atoms with Crippen LogP contribution < -0.4 is 15.8 Å². The van der Waals surface area contributed by atoms with E-state index < -0.39 is 23.5 Å². The van der Waals surface area contributed by atoms with Gasteiger partial charge in [-0.15, -0.1) is 0 Å². The molecule has 1 aromatic heterocycles. The molecular formula is C34H48N4O4. The third-order valence-corrected chi connectivity index (χ3v) is 6.19. The lowest BCUT2D eigenvalue weighted by atomic mass is 10.0. The average Bonchev–Trinajstić information content (AvgIpc) is 2.98. The molecule has 42 heavy (non-hydrogen) atoms. The molecule has 1 unspecified atom stereocenters. The Hall–Kier alpha value is -3.78. The molecule has 2 aromatic carbocycles. The summed E-state index contributed by atoms with van der Waals surface area (Å²) >= 11 is 0. The number of nitrogens with one attached hydrogen (secondary N) is 1. The highest BCUT2D eigenvalue weighted by Crippen LogP contribution is 2.23. The summed E-state index contributed by atoms with van der Waals surface area (Å²) in [7, 11) is 0. The summed E-state index contributed by atoms with van der Waals surface area (Å²) in [6, 6.07) is 14.8. The molecule has 3 rings (SSSR count). The lowest BCUT2D eigenvalue weighted by molar-refractivity contribution is -0.154. The molecule has 8 nitrogen and oxygen atoms in total. The van der Waals surface area contributed by atoms with Crippen LogP contribution in [-0.2, 0) is 20.7 Å². The number of esters is 1. The van der Waals surface area contributed by atoms with E-state index in [1.165, 1.54) is 25.7 Å². The van der Waals surface area contributed by atoms with E-state index in [-0.39, 0.29) is 6.54 Å². The Labute approximate surface area is 251 Å². The highest BCUT2D eigenvalue weighted by Gasteiger charge is 2.19. The van der Waals surface area contributed by atoms with E-state index in [2.05, 4.69) is 22.2 Å². The first-order chi connectivity index (χ1) is 20.1. The number of amides is 1. The Bertz CT molecular complexity index is 1200. The molecule has 0 spiro atoms. The van der Waals surface area contributed by atoms with Crippen molar-refractivity contribution >= 4 is 11.9 Å². The van der Waals surface area contributed by atoms with Crippen LogP contribution in [0.5, 0.6) is 5.75 Å². The number of ether oxygens (including phenoxy) is 2. The number of nitrogens with zero attached hydrogens (tertiary/aromatic N) is 2. The fourth-order valence-electron chi connectivity index (χ4n) is 4.07. The predicted octanol–water partition coefficient (Wildman–Crippen LogP) is 6.51. The Morgan fingerprint density at radius 3 is 2.05 bits per heavy atom. The maximum atomic E-state index is 12.3. The van der Waals surface area contributed by atoms with Crippen molar-refractivity contribution in [3.05, 3.63) is 66.5 Å². The molecule has 228 valence electrons. The van der Waals surface area contributed by atoms with Gasteiger partial charge in [-0.3, -0.25) is 9.59 Å². The monoisotopic (exact) mass is 576 g/mol. The molecule has 0 saturated heterocycles. The van der Waals surface area contributed by atoms with Gasteiger partial charge in [0.05, 0.1) is 12.6 Å². The fraction of sp³-hybridized carbons (Fsp3) is 0.471. The number of nitrogens with two attached hydrogens (primary N) is 1. The molecule has 0 aliphatic heterocycles. The van der Waals surface area contributed by atoms with Gasteiger partial charge in [-0.05, 0) is 56.9 Å². The van der Waals surface area contributed by atoms with Crippen LogP contribution in [-0.4, -0.2) is 46.6 Å². The van der Waals surface area contributed by atoms with Gasteiger partial charge in [-0.2, -0.15) is 0 Å². The van der Waals surface area contributed by atoms with Gasteiger partial charge < -0.3 is 20.5 Å². The highest BCUT2D eigenvalue weighted by molar-refractivity contribution is 5.85. The van der Waals surface area contributed by atoms with Gasteiger partial charge in [-0.25, -0.2) is 9.97 Å². The largest absolute Gasteiger partial charge is 0.494 e. The standard InChI is InChI=1S/C32H42N4O4.C2H6/c1-5-6-7-8-9-18-39-27-16-14-24(15-17-27)26-20-34-30(35-21-26)25-12-10-23(11-13-25)19-28(33)31(38)36-22-29(37)40-32(2,3)4;1-2/h10-17,20-21,28H,5-9,18-19,22,33H2,1-4H3,(H,36,38);1-2H3. The van der Waals surface area contributed by atoms with Crippen molar-refractivity contribution < 1.29 is 19.1 Å². The van der Waals surface area contributed by atoms with E-state index in [1.807, 2.05) is 74.8 Å². The zero-order chi connectivity index (χ0) is 31.0. The van der Waals surface area contributed by atoms with E-state index in [1.54, 1.807) is 20.8 Å². The number of aromatic nitrogens is 2. The Kier molecular flexibility index (Phi) is 14.7. The Morgan fingerprint density at radius 2 is 1.45 bits per heavy atom. The average molecular weight is 577 g/mol.